The van der Waals surface area contributed by atoms with Gasteiger partial charge in [0.15, 0.2) is 0 Å². The van der Waals surface area contributed by atoms with Gasteiger partial charge in [0.2, 0.25) is 0 Å². The summed E-state index contributed by atoms with van der Waals surface area (Å²) in [4.78, 5) is 1.30. The van der Waals surface area contributed by atoms with E-state index in [4.69, 9.17) is 5.73 Å². The third kappa shape index (κ3) is 3.19. The van der Waals surface area contributed by atoms with Crippen molar-refractivity contribution in [2.24, 2.45) is 5.73 Å². The molecular formula is C32H25NS. The lowest BCUT2D eigenvalue weighted by molar-refractivity contribution is 1.09. The maximum atomic E-state index is 6.09. The number of allylic oxidation sites excluding steroid dienone is 2. The van der Waals surface area contributed by atoms with Crippen LogP contribution in [0, 0.1) is 6.92 Å². The van der Waals surface area contributed by atoms with Crippen molar-refractivity contribution in [1.82, 2.24) is 0 Å². The van der Waals surface area contributed by atoms with Gasteiger partial charge in [-0.2, -0.15) is 0 Å². The molecule has 2 N–H and O–H groups in total. The van der Waals surface area contributed by atoms with Gasteiger partial charge in [-0.25, -0.2) is 0 Å². The highest BCUT2D eigenvalue weighted by molar-refractivity contribution is 7.19. The van der Waals surface area contributed by atoms with E-state index in [1.165, 1.54) is 64.0 Å². The monoisotopic (exact) mass is 455 g/mol. The molecule has 0 aliphatic rings. The van der Waals surface area contributed by atoms with Crippen molar-refractivity contribution < 1.29 is 0 Å². The third-order valence-corrected chi connectivity index (χ3v) is 7.93. The Balaban J connectivity index is 1.62. The number of hydrogen-bond donors (Lipinski definition) is 1. The molecule has 2 heteroatoms. The summed E-state index contributed by atoms with van der Waals surface area (Å²) in [5, 5.41) is 8.98. The minimum Gasteiger partial charge on any atom is -0.326 e. The molecule has 0 fully saturated rings. The lowest BCUT2D eigenvalue weighted by atomic mass is 9.91. The van der Waals surface area contributed by atoms with E-state index in [0.29, 0.717) is 6.54 Å². The smallest absolute Gasteiger partial charge is 0.0355 e. The van der Waals surface area contributed by atoms with Gasteiger partial charge in [-0.15, -0.1) is 11.3 Å². The highest BCUT2D eigenvalue weighted by Gasteiger charge is 2.13. The number of fused-ring (bicyclic) bond motifs is 7. The summed E-state index contributed by atoms with van der Waals surface area (Å²) in [5.74, 6) is 0. The van der Waals surface area contributed by atoms with E-state index in [2.05, 4.69) is 105 Å². The van der Waals surface area contributed by atoms with Gasteiger partial charge in [0.1, 0.15) is 0 Å². The lowest BCUT2D eigenvalue weighted by Crippen LogP contribution is -1.96. The minimum absolute atomic E-state index is 0.535. The van der Waals surface area contributed by atoms with Gasteiger partial charge in [-0.1, -0.05) is 85.5 Å². The maximum absolute atomic E-state index is 6.09. The highest BCUT2D eigenvalue weighted by atomic mass is 32.1. The molecule has 5 aromatic carbocycles. The second kappa shape index (κ2) is 8.25. The van der Waals surface area contributed by atoms with E-state index in [9.17, 15) is 0 Å². The SMILES string of the molecule is C=C/C(=C\c1c(C)sc2cccc(CN)c12)c1ccc2c3ccccc3c3ccccc3c2c1. The maximum Gasteiger partial charge on any atom is 0.0355 e. The number of benzene rings is 5. The van der Waals surface area contributed by atoms with Crippen molar-refractivity contribution in [3.05, 3.63) is 119 Å². The first kappa shape index (κ1) is 20.9. The molecule has 0 saturated heterocycles. The molecule has 0 amide bonds. The van der Waals surface area contributed by atoms with Crippen LogP contribution in [-0.4, -0.2) is 0 Å². The first-order valence-electron chi connectivity index (χ1n) is 11.6. The van der Waals surface area contributed by atoms with Crippen molar-refractivity contribution in [2.75, 3.05) is 0 Å². The van der Waals surface area contributed by atoms with Crippen molar-refractivity contribution in [3.63, 3.8) is 0 Å². The van der Waals surface area contributed by atoms with Crippen LogP contribution in [0.5, 0.6) is 0 Å². The summed E-state index contributed by atoms with van der Waals surface area (Å²) in [6, 6.07) is 30.6. The largest absolute Gasteiger partial charge is 0.326 e. The Morgan fingerprint density at radius 1 is 0.794 bits per heavy atom. The average molecular weight is 456 g/mol. The van der Waals surface area contributed by atoms with E-state index >= 15 is 0 Å². The van der Waals surface area contributed by atoms with Crippen LogP contribution in [0.2, 0.25) is 0 Å². The Bertz CT molecular complexity index is 1730. The quantitative estimate of drug-likeness (QED) is 0.208. The number of aryl methyl sites for hydroxylation is 1. The van der Waals surface area contributed by atoms with Crippen LogP contribution in [0.1, 0.15) is 21.6 Å². The molecule has 0 atom stereocenters. The summed E-state index contributed by atoms with van der Waals surface area (Å²) in [6.07, 6.45) is 4.25. The Kier molecular flexibility index (Phi) is 5.06. The molecule has 0 radical (unpaired) electrons. The number of rotatable bonds is 4. The lowest BCUT2D eigenvalue weighted by Gasteiger charge is -2.12. The van der Waals surface area contributed by atoms with Gasteiger partial charge >= 0.3 is 0 Å². The molecule has 0 spiro atoms. The van der Waals surface area contributed by atoms with Crippen molar-refractivity contribution in [3.8, 4) is 0 Å². The second-order valence-electron chi connectivity index (χ2n) is 8.72. The fraction of sp³-hybridized carbons (Fsp3) is 0.0625. The van der Waals surface area contributed by atoms with Gasteiger partial charge in [0.05, 0.1) is 0 Å². The van der Waals surface area contributed by atoms with Gasteiger partial charge < -0.3 is 5.73 Å². The summed E-state index contributed by atoms with van der Waals surface area (Å²) in [5.41, 5.74) is 10.8. The Morgan fingerprint density at radius 3 is 2.03 bits per heavy atom. The van der Waals surface area contributed by atoms with E-state index in [1.807, 2.05) is 17.4 Å². The van der Waals surface area contributed by atoms with Crippen molar-refractivity contribution in [2.45, 2.75) is 13.5 Å². The molecule has 1 nitrogen and oxygen atoms in total. The summed E-state index contributed by atoms with van der Waals surface area (Å²) in [6.45, 7) is 6.90. The van der Waals surface area contributed by atoms with Crippen LogP contribution in [0.3, 0.4) is 0 Å². The first-order valence-corrected chi connectivity index (χ1v) is 12.4. The normalized spacial score (nSPS) is 12.2. The zero-order valence-electron chi connectivity index (χ0n) is 19.1. The Hall–Kier alpha value is -3.72. The highest BCUT2D eigenvalue weighted by Crippen LogP contribution is 2.38. The Morgan fingerprint density at radius 2 is 1.41 bits per heavy atom. The number of nitrogens with two attached hydrogens (primary N) is 1. The van der Waals surface area contributed by atoms with Gasteiger partial charge in [-0.05, 0) is 79.7 Å². The van der Waals surface area contributed by atoms with Crippen LogP contribution >= 0.6 is 11.3 Å². The van der Waals surface area contributed by atoms with Gasteiger partial charge in [0.25, 0.3) is 0 Å². The molecule has 6 rings (SSSR count). The molecule has 0 aliphatic heterocycles. The van der Waals surface area contributed by atoms with Gasteiger partial charge in [-0.3, -0.25) is 0 Å². The summed E-state index contributed by atoms with van der Waals surface area (Å²) in [7, 11) is 0. The molecular weight excluding hydrogens is 430 g/mol. The predicted octanol–water partition coefficient (Wildman–Crippen LogP) is 8.85. The van der Waals surface area contributed by atoms with Gasteiger partial charge in [0, 0.05) is 21.5 Å². The zero-order valence-corrected chi connectivity index (χ0v) is 20.0. The molecule has 6 aromatic rings. The van der Waals surface area contributed by atoms with Crippen LogP contribution in [-0.2, 0) is 6.54 Å². The third-order valence-electron chi connectivity index (χ3n) is 6.84. The predicted molar refractivity (Wildman–Crippen MR) is 151 cm³/mol. The van der Waals surface area contributed by atoms with E-state index in [1.54, 1.807) is 0 Å². The van der Waals surface area contributed by atoms with Crippen molar-refractivity contribution >= 4 is 65.4 Å². The van der Waals surface area contributed by atoms with E-state index in [0.717, 1.165) is 5.57 Å². The van der Waals surface area contributed by atoms with E-state index in [-0.39, 0.29) is 0 Å². The first-order chi connectivity index (χ1) is 16.7. The second-order valence-corrected chi connectivity index (χ2v) is 9.98. The van der Waals surface area contributed by atoms with Crippen LogP contribution in [0.4, 0.5) is 0 Å². The van der Waals surface area contributed by atoms with Crippen LogP contribution in [0.15, 0.2) is 97.6 Å². The molecule has 1 heterocycles. The zero-order chi connectivity index (χ0) is 23.2. The summed E-state index contributed by atoms with van der Waals surface area (Å²) >= 11 is 1.83. The average Bonchev–Trinajstić information content (AvgIpc) is 3.21. The summed E-state index contributed by atoms with van der Waals surface area (Å²) < 4.78 is 1.28. The molecule has 0 saturated carbocycles. The van der Waals surface area contributed by atoms with Crippen LogP contribution < -0.4 is 5.73 Å². The Labute approximate surface area is 203 Å². The van der Waals surface area contributed by atoms with Crippen LogP contribution in [0.25, 0.3) is 54.1 Å². The van der Waals surface area contributed by atoms with Crippen molar-refractivity contribution in [1.29, 1.82) is 0 Å². The molecule has 1 aromatic heterocycles. The molecule has 34 heavy (non-hydrogen) atoms. The standard InChI is InChI=1S/C32H25NS/c1-3-21(17-29-20(2)34-31-14-8-9-23(19-33)32(29)31)22-15-16-28-26-12-5-4-10-24(26)25-11-6-7-13-27(25)30(28)18-22/h3-18H,1,19,33H2,2H3/b21-17+. The molecule has 0 unspecified atom stereocenters. The fourth-order valence-corrected chi connectivity index (χ4v) is 6.30. The topological polar surface area (TPSA) is 26.0 Å². The molecule has 0 bridgehead atoms. The van der Waals surface area contributed by atoms with E-state index < -0.39 is 0 Å². The number of hydrogen-bond acceptors (Lipinski definition) is 2. The molecule has 164 valence electrons. The molecule has 0 aliphatic carbocycles. The fourth-order valence-electron chi connectivity index (χ4n) is 5.21. The number of thiophene rings is 1. The minimum atomic E-state index is 0.535.